The maximum atomic E-state index is 12.9. The van der Waals surface area contributed by atoms with E-state index in [-0.39, 0.29) is 23.8 Å². The van der Waals surface area contributed by atoms with Gasteiger partial charge >= 0.3 is 0 Å². The van der Waals surface area contributed by atoms with E-state index in [9.17, 15) is 9.59 Å². The van der Waals surface area contributed by atoms with Crippen molar-refractivity contribution in [3.05, 3.63) is 47.8 Å². The third-order valence-electron chi connectivity index (χ3n) is 6.83. The third-order valence-corrected chi connectivity index (χ3v) is 6.83. The summed E-state index contributed by atoms with van der Waals surface area (Å²) in [5.74, 6) is 0.115. The number of amides is 2. The molecule has 1 aromatic heterocycles. The van der Waals surface area contributed by atoms with Crippen LogP contribution in [0.3, 0.4) is 0 Å². The lowest BCUT2D eigenvalue weighted by atomic mass is 10.00. The van der Waals surface area contributed by atoms with Crippen LogP contribution in [0.1, 0.15) is 57.7 Å². The number of carbonyl (C=O) groups is 2. The van der Waals surface area contributed by atoms with Crippen LogP contribution in [0.4, 0.5) is 0 Å². The van der Waals surface area contributed by atoms with E-state index in [1.54, 1.807) is 4.90 Å². The normalized spacial score (nSPS) is 21.8. The van der Waals surface area contributed by atoms with Gasteiger partial charge in [0.2, 0.25) is 11.8 Å². The van der Waals surface area contributed by atoms with Gasteiger partial charge in [0.15, 0.2) is 0 Å². The van der Waals surface area contributed by atoms with Crippen LogP contribution < -0.4 is 5.32 Å². The molecule has 2 aromatic rings. The van der Waals surface area contributed by atoms with Gasteiger partial charge in [0, 0.05) is 49.6 Å². The van der Waals surface area contributed by atoms with Crippen LogP contribution >= 0.6 is 0 Å². The monoisotopic (exact) mass is 437 g/mol. The molecule has 2 aliphatic heterocycles. The molecule has 2 fully saturated rings. The van der Waals surface area contributed by atoms with Crippen LogP contribution in [0.15, 0.2) is 36.5 Å². The number of rotatable bonds is 7. The topological polar surface area (TPSA) is 70.5 Å². The second-order valence-electron chi connectivity index (χ2n) is 9.64. The summed E-state index contributed by atoms with van der Waals surface area (Å²) >= 11 is 0. The number of benzene rings is 1. The van der Waals surface area contributed by atoms with Crippen molar-refractivity contribution in [1.82, 2.24) is 24.9 Å². The lowest BCUT2D eigenvalue weighted by molar-refractivity contribution is -0.130. The molecule has 32 heavy (non-hydrogen) atoms. The summed E-state index contributed by atoms with van der Waals surface area (Å²) in [7, 11) is 0. The van der Waals surface area contributed by atoms with E-state index in [1.807, 2.05) is 42.9 Å². The second-order valence-corrected chi connectivity index (χ2v) is 9.64. The zero-order valence-electron chi connectivity index (χ0n) is 19.6. The molecule has 0 bridgehead atoms. The minimum absolute atomic E-state index is 0.0462. The van der Waals surface area contributed by atoms with Crippen molar-refractivity contribution in [2.75, 3.05) is 19.6 Å². The first-order valence-corrected chi connectivity index (χ1v) is 11.8. The number of nitrogens with one attached hydrogen (secondary N) is 1. The Hall–Kier alpha value is -2.67. The first kappa shape index (κ1) is 22.5. The molecule has 0 radical (unpaired) electrons. The minimum atomic E-state index is -0.277. The van der Waals surface area contributed by atoms with Crippen LogP contribution in [-0.2, 0) is 16.1 Å². The van der Waals surface area contributed by atoms with Gasteiger partial charge in [-0.05, 0) is 52.8 Å². The average Bonchev–Trinajstić information content (AvgIpc) is 3.50. The van der Waals surface area contributed by atoms with Gasteiger partial charge in [0.25, 0.3) is 0 Å². The van der Waals surface area contributed by atoms with Crippen molar-refractivity contribution < 1.29 is 9.59 Å². The molecule has 2 aliphatic rings. The number of aromatic nitrogens is 2. The molecule has 1 aromatic carbocycles. The van der Waals surface area contributed by atoms with Gasteiger partial charge in [-0.25, -0.2) is 4.68 Å². The fourth-order valence-electron chi connectivity index (χ4n) is 4.95. The lowest BCUT2D eigenvalue weighted by Gasteiger charge is -2.21. The number of hydrogen-bond acceptors (Lipinski definition) is 4. The third kappa shape index (κ3) is 4.58. The number of nitrogens with zero attached hydrogens (tertiary/aromatic N) is 4. The Morgan fingerprint density at radius 3 is 2.50 bits per heavy atom. The minimum Gasteiger partial charge on any atom is -0.352 e. The van der Waals surface area contributed by atoms with Crippen molar-refractivity contribution >= 4 is 11.8 Å². The van der Waals surface area contributed by atoms with Crippen molar-refractivity contribution in [2.45, 2.75) is 65.1 Å². The number of para-hydroxylation sites is 1. The quantitative estimate of drug-likeness (QED) is 0.723. The molecule has 0 aliphatic carbocycles. The Bertz CT molecular complexity index is 952. The van der Waals surface area contributed by atoms with Gasteiger partial charge in [-0.15, -0.1) is 0 Å². The summed E-state index contributed by atoms with van der Waals surface area (Å²) in [5, 5.41) is 7.81. The molecule has 2 atom stereocenters. The number of carbonyl (C=O) groups excluding carboxylic acids is 2. The SMILES string of the molecule is CC(C)N1CC[C@H](c2c(CNC(=O)[C@@H]3CC(=O)N(C(C)C)C3)cnn2-c2ccccc2)C1. The summed E-state index contributed by atoms with van der Waals surface area (Å²) in [6, 6.07) is 10.8. The van der Waals surface area contributed by atoms with Crippen molar-refractivity contribution in [2.24, 2.45) is 5.92 Å². The Morgan fingerprint density at radius 1 is 1.12 bits per heavy atom. The standard InChI is InChI=1S/C25H35N5O2/c1-17(2)28-11-10-19(15-28)24-21(14-27-30(24)22-8-6-5-7-9-22)13-26-25(32)20-12-23(31)29(16-20)18(3)4/h5-9,14,17-20H,10-13,15-16H2,1-4H3,(H,26,32)/t19-,20+/m0/s1. The molecule has 0 spiro atoms. The highest BCUT2D eigenvalue weighted by Gasteiger charge is 2.36. The Morgan fingerprint density at radius 2 is 1.88 bits per heavy atom. The van der Waals surface area contributed by atoms with Crippen molar-refractivity contribution in [3.63, 3.8) is 0 Å². The van der Waals surface area contributed by atoms with Crippen LogP contribution in [-0.4, -0.2) is 63.1 Å². The predicted molar refractivity (Wildman–Crippen MR) is 124 cm³/mol. The maximum absolute atomic E-state index is 12.9. The highest BCUT2D eigenvalue weighted by atomic mass is 16.2. The lowest BCUT2D eigenvalue weighted by Crippen LogP contribution is -2.35. The van der Waals surface area contributed by atoms with Gasteiger partial charge < -0.3 is 15.1 Å². The smallest absolute Gasteiger partial charge is 0.225 e. The summed E-state index contributed by atoms with van der Waals surface area (Å²) in [5.41, 5.74) is 3.28. The largest absolute Gasteiger partial charge is 0.352 e. The van der Waals surface area contributed by atoms with Gasteiger partial charge in [-0.2, -0.15) is 5.10 Å². The Kier molecular flexibility index (Phi) is 6.65. The average molecular weight is 438 g/mol. The molecule has 1 N–H and O–H groups in total. The Balaban J connectivity index is 1.52. The first-order valence-electron chi connectivity index (χ1n) is 11.8. The van der Waals surface area contributed by atoms with Crippen molar-refractivity contribution in [3.8, 4) is 5.69 Å². The molecule has 7 nitrogen and oxygen atoms in total. The highest BCUT2D eigenvalue weighted by molar-refractivity contribution is 5.89. The molecule has 2 amide bonds. The summed E-state index contributed by atoms with van der Waals surface area (Å²) in [6.45, 7) is 11.5. The second kappa shape index (κ2) is 9.45. The molecular formula is C25H35N5O2. The summed E-state index contributed by atoms with van der Waals surface area (Å²) in [4.78, 5) is 29.4. The Labute approximate surface area is 190 Å². The molecule has 0 saturated carbocycles. The molecule has 4 rings (SSSR count). The zero-order valence-corrected chi connectivity index (χ0v) is 19.6. The van der Waals surface area contributed by atoms with Gasteiger partial charge in [-0.3, -0.25) is 9.59 Å². The fraction of sp³-hybridized carbons (Fsp3) is 0.560. The van der Waals surface area contributed by atoms with E-state index in [0.29, 0.717) is 31.5 Å². The van der Waals surface area contributed by atoms with Crippen LogP contribution in [0.2, 0.25) is 0 Å². The number of likely N-dealkylation sites (tertiary alicyclic amines) is 2. The molecule has 3 heterocycles. The predicted octanol–water partition coefficient (Wildman–Crippen LogP) is 2.94. The fourth-order valence-corrected chi connectivity index (χ4v) is 4.95. The van der Waals surface area contributed by atoms with Gasteiger partial charge in [0.05, 0.1) is 23.5 Å². The van der Waals surface area contributed by atoms with Crippen LogP contribution in [0.25, 0.3) is 5.69 Å². The van der Waals surface area contributed by atoms with E-state index in [1.165, 1.54) is 5.69 Å². The van der Waals surface area contributed by atoms with Gasteiger partial charge in [-0.1, -0.05) is 18.2 Å². The van der Waals surface area contributed by atoms with E-state index in [4.69, 9.17) is 5.10 Å². The number of hydrogen-bond donors (Lipinski definition) is 1. The van der Waals surface area contributed by atoms with E-state index >= 15 is 0 Å². The molecule has 2 saturated heterocycles. The summed E-state index contributed by atoms with van der Waals surface area (Å²) < 4.78 is 2.04. The van der Waals surface area contributed by atoms with Crippen molar-refractivity contribution in [1.29, 1.82) is 0 Å². The summed E-state index contributed by atoms with van der Waals surface area (Å²) in [6.07, 6.45) is 3.27. The highest BCUT2D eigenvalue weighted by Crippen LogP contribution is 2.32. The zero-order chi connectivity index (χ0) is 22.8. The van der Waals surface area contributed by atoms with Crippen LogP contribution in [0, 0.1) is 5.92 Å². The molecule has 172 valence electrons. The van der Waals surface area contributed by atoms with E-state index < -0.39 is 0 Å². The van der Waals surface area contributed by atoms with Crippen LogP contribution in [0.5, 0.6) is 0 Å². The van der Waals surface area contributed by atoms with Gasteiger partial charge in [0.1, 0.15) is 0 Å². The molecule has 0 unspecified atom stereocenters. The first-order chi connectivity index (χ1) is 15.3. The van der Waals surface area contributed by atoms with E-state index in [2.05, 4.69) is 36.2 Å². The molecule has 7 heteroatoms. The maximum Gasteiger partial charge on any atom is 0.225 e. The molecular weight excluding hydrogens is 402 g/mol. The van der Waals surface area contributed by atoms with E-state index in [0.717, 1.165) is 30.8 Å².